The fourth-order valence-electron chi connectivity index (χ4n) is 1.38. The maximum Gasteiger partial charge on any atom is 0.138 e. The first kappa shape index (κ1) is 10.2. The van der Waals surface area contributed by atoms with Gasteiger partial charge in [-0.3, -0.25) is 4.98 Å². The van der Waals surface area contributed by atoms with E-state index in [0.29, 0.717) is 12.3 Å². The highest BCUT2D eigenvalue weighted by Crippen LogP contribution is 2.21. The van der Waals surface area contributed by atoms with Crippen LogP contribution in [0, 0.1) is 6.92 Å². The number of nitrogens with zero attached hydrogens (tertiary/aromatic N) is 2. The third kappa shape index (κ3) is 2.18. The van der Waals surface area contributed by atoms with Gasteiger partial charge in [-0.1, -0.05) is 5.16 Å². The standard InChI is InChI=1S/C11H11ClN2O/c1-8-3-5-13-7-10(8)11-6-9(2-4-12)15-14-11/h3,5-7H,2,4H2,1H3. The van der Waals surface area contributed by atoms with Crippen LogP contribution in [-0.4, -0.2) is 16.0 Å². The van der Waals surface area contributed by atoms with Crippen molar-refractivity contribution in [2.75, 3.05) is 5.88 Å². The van der Waals surface area contributed by atoms with Gasteiger partial charge in [0.25, 0.3) is 0 Å². The minimum absolute atomic E-state index is 0.542. The molecule has 0 radical (unpaired) electrons. The molecule has 15 heavy (non-hydrogen) atoms. The largest absolute Gasteiger partial charge is 0.361 e. The summed E-state index contributed by atoms with van der Waals surface area (Å²) in [4.78, 5) is 4.07. The third-order valence-corrected chi connectivity index (χ3v) is 2.40. The Hall–Kier alpha value is -1.35. The molecule has 0 saturated heterocycles. The molecular weight excluding hydrogens is 212 g/mol. The predicted molar refractivity (Wildman–Crippen MR) is 58.9 cm³/mol. The molecule has 0 atom stereocenters. The maximum atomic E-state index is 5.62. The Morgan fingerprint density at radius 1 is 1.47 bits per heavy atom. The third-order valence-electron chi connectivity index (χ3n) is 2.21. The second-order valence-corrected chi connectivity index (χ2v) is 3.69. The number of hydrogen-bond donors (Lipinski definition) is 0. The molecule has 0 aliphatic rings. The van der Waals surface area contributed by atoms with E-state index in [-0.39, 0.29) is 0 Å². The quantitative estimate of drug-likeness (QED) is 0.750. The molecule has 78 valence electrons. The number of rotatable bonds is 3. The van der Waals surface area contributed by atoms with E-state index in [1.807, 2.05) is 19.1 Å². The first-order valence-electron chi connectivity index (χ1n) is 4.74. The first-order chi connectivity index (χ1) is 7.31. The molecule has 0 aliphatic heterocycles. The lowest BCUT2D eigenvalue weighted by atomic mass is 10.1. The molecule has 0 fully saturated rings. The van der Waals surface area contributed by atoms with Crippen LogP contribution in [0.5, 0.6) is 0 Å². The number of halogens is 1. The molecule has 0 spiro atoms. The van der Waals surface area contributed by atoms with Crippen molar-refractivity contribution in [3.05, 3.63) is 35.9 Å². The molecule has 0 saturated carbocycles. The second-order valence-electron chi connectivity index (χ2n) is 3.31. The minimum Gasteiger partial charge on any atom is -0.361 e. The van der Waals surface area contributed by atoms with Crippen molar-refractivity contribution in [1.29, 1.82) is 0 Å². The molecule has 0 aliphatic carbocycles. The van der Waals surface area contributed by atoms with Gasteiger partial charge in [0, 0.05) is 36.3 Å². The minimum atomic E-state index is 0.542. The van der Waals surface area contributed by atoms with Crippen LogP contribution in [0.15, 0.2) is 29.0 Å². The highest BCUT2D eigenvalue weighted by Gasteiger charge is 2.08. The van der Waals surface area contributed by atoms with Crippen molar-refractivity contribution < 1.29 is 4.52 Å². The molecule has 0 aromatic carbocycles. The zero-order valence-electron chi connectivity index (χ0n) is 8.40. The topological polar surface area (TPSA) is 38.9 Å². The summed E-state index contributed by atoms with van der Waals surface area (Å²) in [6, 6.07) is 3.86. The van der Waals surface area contributed by atoms with E-state index in [1.165, 1.54) is 0 Å². The Bertz CT molecular complexity index is 453. The molecule has 2 aromatic heterocycles. The van der Waals surface area contributed by atoms with E-state index in [1.54, 1.807) is 12.4 Å². The normalized spacial score (nSPS) is 10.5. The molecule has 2 rings (SSSR count). The maximum absolute atomic E-state index is 5.62. The predicted octanol–water partition coefficient (Wildman–Crippen LogP) is 2.83. The molecule has 0 unspecified atom stereocenters. The van der Waals surface area contributed by atoms with E-state index < -0.39 is 0 Å². The van der Waals surface area contributed by atoms with Crippen molar-refractivity contribution >= 4 is 11.6 Å². The van der Waals surface area contributed by atoms with Crippen molar-refractivity contribution in [2.24, 2.45) is 0 Å². The van der Waals surface area contributed by atoms with Crippen molar-refractivity contribution in [1.82, 2.24) is 10.1 Å². The van der Waals surface area contributed by atoms with Gasteiger partial charge in [0.15, 0.2) is 0 Å². The summed E-state index contributed by atoms with van der Waals surface area (Å²) in [5, 5.41) is 3.99. The van der Waals surface area contributed by atoms with Gasteiger partial charge in [-0.2, -0.15) is 0 Å². The summed E-state index contributed by atoms with van der Waals surface area (Å²) < 4.78 is 5.15. The summed E-state index contributed by atoms with van der Waals surface area (Å²) in [7, 11) is 0. The van der Waals surface area contributed by atoms with Gasteiger partial charge in [-0.15, -0.1) is 11.6 Å². The number of alkyl halides is 1. The zero-order chi connectivity index (χ0) is 10.7. The van der Waals surface area contributed by atoms with Gasteiger partial charge in [0.1, 0.15) is 11.5 Å². The summed E-state index contributed by atoms with van der Waals surface area (Å²) in [6.07, 6.45) is 4.25. The van der Waals surface area contributed by atoms with E-state index in [2.05, 4.69) is 10.1 Å². The lowest BCUT2D eigenvalue weighted by Gasteiger charge is -1.98. The van der Waals surface area contributed by atoms with Crippen LogP contribution < -0.4 is 0 Å². The summed E-state index contributed by atoms with van der Waals surface area (Å²) >= 11 is 5.62. The van der Waals surface area contributed by atoms with Gasteiger partial charge in [0.05, 0.1) is 0 Å². The van der Waals surface area contributed by atoms with E-state index in [4.69, 9.17) is 16.1 Å². The van der Waals surface area contributed by atoms with Crippen LogP contribution in [0.2, 0.25) is 0 Å². The molecule has 2 aromatic rings. The van der Waals surface area contributed by atoms with E-state index >= 15 is 0 Å². The molecule has 0 amide bonds. The molecule has 2 heterocycles. The molecule has 0 bridgehead atoms. The average molecular weight is 223 g/mol. The zero-order valence-corrected chi connectivity index (χ0v) is 9.16. The number of aryl methyl sites for hydroxylation is 2. The van der Waals surface area contributed by atoms with Crippen molar-refractivity contribution in [2.45, 2.75) is 13.3 Å². The average Bonchev–Trinajstić information content (AvgIpc) is 2.68. The highest BCUT2D eigenvalue weighted by atomic mass is 35.5. The number of aromatic nitrogens is 2. The van der Waals surface area contributed by atoms with Gasteiger partial charge in [-0.05, 0) is 18.6 Å². The van der Waals surface area contributed by atoms with Crippen molar-refractivity contribution in [3.8, 4) is 11.3 Å². The molecular formula is C11H11ClN2O. The van der Waals surface area contributed by atoms with E-state index in [9.17, 15) is 0 Å². The van der Waals surface area contributed by atoms with Crippen LogP contribution in [0.4, 0.5) is 0 Å². The lowest BCUT2D eigenvalue weighted by molar-refractivity contribution is 0.389. The molecule has 0 N–H and O–H groups in total. The summed E-state index contributed by atoms with van der Waals surface area (Å²) in [5.41, 5.74) is 2.96. The van der Waals surface area contributed by atoms with Crippen LogP contribution in [-0.2, 0) is 6.42 Å². The highest BCUT2D eigenvalue weighted by molar-refractivity contribution is 6.17. The first-order valence-corrected chi connectivity index (χ1v) is 5.27. The van der Waals surface area contributed by atoms with Crippen LogP contribution in [0.3, 0.4) is 0 Å². The van der Waals surface area contributed by atoms with Crippen molar-refractivity contribution in [3.63, 3.8) is 0 Å². The SMILES string of the molecule is Cc1ccncc1-c1cc(CCCl)on1. The molecule has 3 nitrogen and oxygen atoms in total. The van der Waals surface area contributed by atoms with Gasteiger partial charge >= 0.3 is 0 Å². The second kappa shape index (κ2) is 4.45. The number of pyridine rings is 1. The number of hydrogen-bond acceptors (Lipinski definition) is 3. The molecule has 4 heteroatoms. The van der Waals surface area contributed by atoms with Crippen LogP contribution >= 0.6 is 11.6 Å². The van der Waals surface area contributed by atoms with Gasteiger partial charge in [-0.25, -0.2) is 0 Å². The Morgan fingerprint density at radius 3 is 3.07 bits per heavy atom. The Balaban J connectivity index is 2.33. The lowest BCUT2D eigenvalue weighted by Crippen LogP contribution is -1.84. The Kier molecular flexibility index (Phi) is 3.02. The Labute approximate surface area is 93.1 Å². The van der Waals surface area contributed by atoms with Crippen LogP contribution in [0.1, 0.15) is 11.3 Å². The summed E-state index contributed by atoms with van der Waals surface area (Å²) in [6.45, 7) is 2.02. The monoisotopic (exact) mass is 222 g/mol. The van der Waals surface area contributed by atoms with E-state index in [0.717, 1.165) is 22.6 Å². The van der Waals surface area contributed by atoms with Gasteiger partial charge < -0.3 is 4.52 Å². The fourth-order valence-corrected chi connectivity index (χ4v) is 1.57. The smallest absolute Gasteiger partial charge is 0.138 e. The summed E-state index contributed by atoms with van der Waals surface area (Å²) in [5.74, 6) is 1.35. The Morgan fingerprint density at radius 2 is 2.33 bits per heavy atom. The van der Waals surface area contributed by atoms with Gasteiger partial charge in [0.2, 0.25) is 0 Å². The van der Waals surface area contributed by atoms with Crippen LogP contribution in [0.25, 0.3) is 11.3 Å². The fraction of sp³-hybridized carbons (Fsp3) is 0.273.